The molecule has 0 saturated heterocycles. The van der Waals surface area contributed by atoms with Crippen molar-refractivity contribution in [2.75, 3.05) is 0 Å². The number of rotatable bonds is 7. The van der Waals surface area contributed by atoms with Gasteiger partial charge in [0, 0.05) is 0 Å². The highest BCUT2D eigenvalue weighted by Crippen LogP contribution is 2.44. The minimum absolute atomic E-state index is 0.0651. The van der Waals surface area contributed by atoms with E-state index in [9.17, 15) is 0 Å². The van der Waals surface area contributed by atoms with E-state index >= 15 is 0 Å². The highest BCUT2D eigenvalue weighted by atomic mass is 14.3. The molecule has 3 aromatic carbocycles. The summed E-state index contributed by atoms with van der Waals surface area (Å²) in [4.78, 5) is 0. The predicted molar refractivity (Wildman–Crippen MR) is 178 cm³/mol. The molecule has 0 bridgehead atoms. The predicted octanol–water partition coefficient (Wildman–Crippen LogP) is 12.8. The van der Waals surface area contributed by atoms with Crippen LogP contribution in [-0.4, -0.2) is 0 Å². The lowest BCUT2D eigenvalue weighted by Crippen LogP contribution is -2.17. The molecule has 0 aliphatic heterocycles. The number of hydrogen-bond donors (Lipinski definition) is 0. The molecule has 0 saturated carbocycles. The second kappa shape index (κ2) is 15.5. The van der Waals surface area contributed by atoms with Gasteiger partial charge in [-0.2, -0.15) is 0 Å². The number of fused-ring (bicyclic) bond motifs is 2. The van der Waals surface area contributed by atoms with Crippen molar-refractivity contribution in [3.63, 3.8) is 0 Å². The van der Waals surface area contributed by atoms with E-state index in [1.54, 1.807) is 0 Å². The van der Waals surface area contributed by atoms with Crippen LogP contribution in [0.5, 0.6) is 0 Å². The van der Waals surface area contributed by atoms with Gasteiger partial charge in [-0.1, -0.05) is 123 Å². The molecule has 0 aliphatic rings. The van der Waals surface area contributed by atoms with Gasteiger partial charge >= 0.3 is 0 Å². The second-order valence-corrected chi connectivity index (χ2v) is 10.2. The summed E-state index contributed by atoms with van der Waals surface area (Å²) in [7, 11) is 0. The first-order valence-electron chi connectivity index (χ1n) is 14.9. The van der Waals surface area contributed by atoms with E-state index < -0.39 is 0 Å². The van der Waals surface area contributed by atoms with Crippen molar-refractivity contribution in [2.24, 2.45) is 0 Å². The number of benzene rings is 3. The Hall–Kier alpha value is -2.86. The van der Waals surface area contributed by atoms with Crippen molar-refractivity contribution < 1.29 is 0 Å². The summed E-state index contributed by atoms with van der Waals surface area (Å²) < 4.78 is 0. The quantitative estimate of drug-likeness (QED) is 0.219. The Labute approximate surface area is 235 Å². The SMILES string of the molecule is C/C=C\C(=C/C)c1ccc2c(C(C)(C)CC)c3cc(C(/C=C\C)=C/C)ccc3c(C(C)C)c2c1.CC.CC. The second-order valence-electron chi connectivity index (χ2n) is 10.2. The van der Waals surface area contributed by atoms with Gasteiger partial charge < -0.3 is 0 Å². The molecule has 0 nitrogen and oxygen atoms in total. The van der Waals surface area contributed by atoms with Crippen LogP contribution in [0.1, 0.15) is 125 Å². The lowest BCUT2D eigenvalue weighted by molar-refractivity contribution is 0.515. The van der Waals surface area contributed by atoms with Gasteiger partial charge in [0.2, 0.25) is 0 Å². The van der Waals surface area contributed by atoms with Crippen LogP contribution in [0.15, 0.2) is 72.9 Å². The van der Waals surface area contributed by atoms with Crippen LogP contribution in [-0.2, 0) is 5.41 Å². The average Bonchev–Trinajstić information content (AvgIpc) is 2.94. The molecule has 0 N–H and O–H groups in total. The van der Waals surface area contributed by atoms with E-state index in [2.05, 4.69) is 135 Å². The van der Waals surface area contributed by atoms with Gasteiger partial charge in [-0.25, -0.2) is 0 Å². The smallest absolute Gasteiger partial charge is 0.00939 e. The molecule has 0 unspecified atom stereocenters. The lowest BCUT2D eigenvalue weighted by atomic mass is 9.74. The molecule has 0 aliphatic carbocycles. The van der Waals surface area contributed by atoms with Gasteiger partial charge in [-0.3, -0.25) is 0 Å². The molecule has 206 valence electrons. The summed E-state index contributed by atoms with van der Waals surface area (Å²) in [5, 5.41) is 5.58. The fourth-order valence-corrected chi connectivity index (χ4v) is 5.23. The van der Waals surface area contributed by atoms with Crippen LogP contribution in [0, 0.1) is 0 Å². The number of allylic oxidation sites excluding steroid dienone is 8. The summed E-state index contributed by atoms with van der Waals surface area (Å²) >= 11 is 0. The molecule has 3 aromatic rings. The van der Waals surface area contributed by atoms with Crippen molar-refractivity contribution in [1.82, 2.24) is 0 Å². The highest BCUT2D eigenvalue weighted by molar-refractivity contribution is 6.08. The summed E-state index contributed by atoms with van der Waals surface area (Å²) in [5.41, 5.74) is 8.12. The molecule has 0 aromatic heterocycles. The largest absolute Gasteiger partial charge is 0.0871 e. The fourth-order valence-electron chi connectivity index (χ4n) is 5.23. The standard InChI is InChI=1S/C34H42.2C2H6/c1-10-15-24(12-3)26-18-20-29-30(21-26)32(23(6)7)28-19-17-27(25(13-4)16-11-2)22-31(28)33(29)34(8,9)14-5;2*1-2/h10-13,15-23H,14H2,1-9H3;2*1-2H3/b15-10-,16-11-,24-12+,25-13+;;. The first kappa shape index (κ1) is 33.2. The molecular weight excluding hydrogens is 456 g/mol. The molecule has 0 atom stereocenters. The molecule has 0 spiro atoms. The maximum Gasteiger partial charge on any atom is -0.00939 e. The van der Waals surface area contributed by atoms with E-state index in [-0.39, 0.29) is 5.41 Å². The molecule has 0 amide bonds. The monoisotopic (exact) mass is 510 g/mol. The fraction of sp³-hybridized carbons (Fsp3) is 0.421. The van der Waals surface area contributed by atoms with E-state index in [1.165, 1.54) is 54.9 Å². The zero-order chi connectivity index (χ0) is 29.0. The van der Waals surface area contributed by atoms with Crippen molar-refractivity contribution in [1.29, 1.82) is 0 Å². The Bertz CT molecular complexity index is 1300. The van der Waals surface area contributed by atoms with Crippen molar-refractivity contribution in [3.8, 4) is 0 Å². The summed E-state index contributed by atoms with van der Waals surface area (Å²) in [6.07, 6.45) is 14.2. The molecule has 38 heavy (non-hydrogen) atoms. The summed E-state index contributed by atoms with van der Waals surface area (Å²) in [6, 6.07) is 14.2. The Morgan fingerprint density at radius 2 is 1.13 bits per heavy atom. The van der Waals surface area contributed by atoms with Crippen molar-refractivity contribution >= 4 is 32.7 Å². The van der Waals surface area contributed by atoms with Crippen LogP contribution in [0.2, 0.25) is 0 Å². The van der Waals surface area contributed by atoms with Crippen LogP contribution < -0.4 is 0 Å². The third-order valence-corrected chi connectivity index (χ3v) is 7.28. The minimum atomic E-state index is 0.0651. The molecule has 0 radical (unpaired) electrons. The van der Waals surface area contributed by atoms with Crippen LogP contribution in [0.25, 0.3) is 32.7 Å². The third-order valence-electron chi connectivity index (χ3n) is 7.28. The Balaban J connectivity index is 0.00000172. The maximum absolute atomic E-state index is 2.44. The molecular formula is C38H54. The molecule has 0 heteroatoms. The minimum Gasteiger partial charge on any atom is -0.0871 e. The Morgan fingerprint density at radius 3 is 1.53 bits per heavy atom. The Kier molecular flexibility index (Phi) is 13.6. The lowest BCUT2D eigenvalue weighted by Gasteiger charge is -2.30. The van der Waals surface area contributed by atoms with E-state index in [1.807, 2.05) is 27.7 Å². The van der Waals surface area contributed by atoms with Crippen molar-refractivity contribution in [3.05, 3.63) is 95.1 Å². The van der Waals surface area contributed by atoms with E-state index in [4.69, 9.17) is 0 Å². The zero-order valence-electron chi connectivity index (χ0n) is 26.7. The average molecular weight is 511 g/mol. The van der Waals surface area contributed by atoms with E-state index in [0.717, 1.165) is 6.42 Å². The van der Waals surface area contributed by atoms with Gasteiger partial charge in [0.15, 0.2) is 0 Å². The third kappa shape index (κ3) is 6.96. The Morgan fingerprint density at radius 1 is 0.684 bits per heavy atom. The highest BCUT2D eigenvalue weighted by Gasteiger charge is 2.26. The molecule has 0 heterocycles. The van der Waals surface area contributed by atoms with Gasteiger partial charge in [-0.05, 0) is 113 Å². The topological polar surface area (TPSA) is 0 Å². The van der Waals surface area contributed by atoms with Gasteiger partial charge in [-0.15, -0.1) is 0 Å². The molecule has 3 rings (SSSR count). The zero-order valence-corrected chi connectivity index (χ0v) is 26.7. The summed E-state index contributed by atoms with van der Waals surface area (Å²) in [5.74, 6) is 0.428. The van der Waals surface area contributed by atoms with Gasteiger partial charge in [0.05, 0.1) is 0 Å². The van der Waals surface area contributed by atoms with Crippen LogP contribution in [0.4, 0.5) is 0 Å². The number of hydrogen-bond acceptors (Lipinski definition) is 0. The van der Waals surface area contributed by atoms with Crippen molar-refractivity contribution in [2.45, 2.75) is 108 Å². The van der Waals surface area contributed by atoms with Gasteiger partial charge in [0.1, 0.15) is 0 Å². The van der Waals surface area contributed by atoms with Crippen LogP contribution >= 0.6 is 0 Å². The first-order chi connectivity index (χ1) is 18.2. The summed E-state index contributed by atoms with van der Waals surface area (Å²) in [6.45, 7) is 28.2. The van der Waals surface area contributed by atoms with Crippen LogP contribution in [0.3, 0.4) is 0 Å². The van der Waals surface area contributed by atoms with E-state index in [0.29, 0.717) is 5.92 Å². The first-order valence-corrected chi connectivity index (χ1v) is 14.9. The maximum atomic E-state index is 2.44. The van der Waals surface area contributed by atoms with Gasteiger partial charge in [0.25, 0.3) is 0 Å². The molecule has 0 fully saturated rings. The normalized spacial score (nSPS) is 12.8.